The van der Waals surface area contributed by atoms with Gasteiger partial charge in [-0.05, 0) is 37.5 Å². The summed E-state index contributed by atoms with van der Waals surface area (Å²) in [4.78, 5) is 32.5. The molecule has 0 bridgehead atoms. The van der Waals surface area contributed by atoms with Crippen LogP contribution in [0.5, 0.6) is 5.75 Å². The predicted molar refractivity (Wildman–Crippen MR) is 147 cm³/mol. The van der Waals surface area contributed by atoms with E-state index in [1.807, 2.05) is 51.1 Å². The standard InChI is InChI=1S/C30H32N6O2/c1-5-7-12-26-27(28-33-17-23(18-34-28)38-6-2)30(37)36(29(35-26)20(3)4)19-21-13-14-25(32-16-21)24-11-9-8-10-22(24)15-31/h8-11,13-14,16-18,20H,5-7,12,19H2,1-4H3. The zero-order valence-corrected chi connectivity index (χ0v) is 22.3. The van der Waals surface area contributed by atoms with Crippen molar-refractivity contribution in [1.29, 1.82) is 5.26 Å². The van der Waals surface area contributed by atoms with Crippen LogP contribution in [0.3, 0.4) is 0 Å². The first-order valence-corrected chi connectivity index (χ1v) is 13.0. The van der Waals surface area contributed by atoms with E-state index in [1.54, 1.807) is 29.2 Å². The van der Waals surface area contributed by atoms with Crippen molar-refractivity contribution in [2.75, 3.05) is 6.61 Å². The lowest BCUT2D eigenvalue weighted by atomic mass is 10.0. The van der Waals surface area contributed by atoms with Crippen molar-refractivity contribution in [3.63, 3.8) is 0 Å². The smallest absolute Gasteiger partial charge is 0.265 e. The molecule has 4 aromatic rings. The topological polar surface area (TPSA) is 107 Å². The Bertz CT molecular complexity index is 1490. The molecule has 0 fully saturated rings. The Morgan fingerprint density at radius 2 is 1.79 bits per heavy atom. The summed E-state index contributed by atoms with van der Waals surface area (Å²) >= 11 is 0. The molecular formula is C30H32N6O2. The van der Waals surface area contributed by atoms with Gasteiger partial charge in [0.05, 0.1) is 48.6 Å². The molecule has 8 heteroatoms. The highest BCUT2D eigenvalue weighted by Gasteiger charge is 2.22. The van der Waals surface area contributed by atoms with Gasteiger partial charge in [0.15, 0.2) is 11.6 Å². The molecule has 1 aromatic carbocycles. The monoisotopic (exact) mass is 508 g/mol. The first-order chi connectivity index (χ1) is 18.5. The first-order valence-electron chi connectivity index (χ1n) is 13.0. The summed E-state index contributed by atoms with van der Waals surface area (Å²) in [5, 5.41) is 9.44. The quantitative estimate of drug-likeness (QED) is 0.276. The van der Waals surface area contributed by atoms with Gasteiger partial charge in [-0.1, -0.05) is 51.5 Å². The molecule has 4 rings (SSSR count). The molecule has 0 atom stereocenters. The van der Waals surface area contributed by atoms with Gasteiger partial charge in [0.25, 0.3) is 5.56 Å². The number of hydrogen-bond acceptors (Lipinski definition) is 7. The van der Waals surface area contributed by atoms with Crippen LogP contribution in [0.1, 0.15) is 69.1 Å². The second-order valence-corrected chi connectivity index (χ2v) is 9.33. The Kier molecular flexibility index (Phi) is 8.59. The number of nitriles is 1. The minimum absolute atomic E-state index is 0.0353. The zero-order chi connectivity index (χ0) is 27.1. The maximum Gasteiger partial charge on any atom is 0.265 e. The second-order valence-electron chi connectivity index (χ2n) is 9.33. The van der Waals surface area contributed by atoms with Crippen LogP contribution in [0.2, 0.25) is 0 Å². The summed E-state index contributed by atoms with van der Waals surface area (Å²) in [7, 11) is 0. The maximum absolute atomic E-state index is 14.0. The van der Waals surface area contributed by atoms with E-state index < -0.39 is 0 Å². The van der Waals surface area contributed by atoms with E-state index in [0.29, 0.717) is 48.0 Å². The number of aromatic nitrogens is 5. The fraction of sp³-hybridized carbons (Fsp3) is 0.333. The van der Waals surface area contributed by atoms with Crippen molar-refractivity contribution in [1.82, 2.24) is 24.5 Å². The number of hydrogen-bond donors (Lipinski definition) is 0. The molecule has 38 heavy (non-hydrogen) atoms. The molecule has 0 aliphatic carbocycles. The molecule has 0 radical (unpaired) electrons. The summed E-state index contributed by atoms with van der Waals surface area (Å²) in [5.41, 5.74) is 3.89. The fourth-order valence-corrected chi connectivity index (χ4v) is 4.31. The average molecular weight is 509 g/mol. The van der Waals surface area contributed by atoms with Crippen LogP contribution in [-0.4, -0.2) is 31.1 Å². The highest BCUT2D eigenvalue weighted by atomic mass is 16.5. The Hall–Kier alpha value is -4.38. The van der Waals surface area contributed by atoms with E-state index in [9.17, 15) is 10.1 Å². The molecule has 0 spiro atoms. The van der Waals surface area contributed by atoms with Gasteiger partial charge in [0.2, 0.25) is 0 Å². The van der Waals surface area contributed by atoms with E-state index in [2.05, 4.69) is 27.9 Å². The SMILES string of the molecule is CCCCc1nc(C(C)C)n(Cc2ccc(-c3ccccc3C#N)nc2)c(=O)c1-c1ncc(OCC)cn1. The predicted octanol–water partition coefficient (Wildman–Crippen LogP) is 5.55. The van der Waals surface area contributed by atoms with Crippen LogP contribution >= 0.6 is 0 Å². The van der Waals surface area contributed by atoms with E-state index >= 15 is 0 Å². The molecule has 0 saturated heterocycles. The van der Waals surface area contributed by atoms with E-state index in [1.165, 1.54) is 0 Å². The molecule has 0 aliphatic heterocycles. The summed E-state index contributed by atoms with van der Waals surface area (Å²) in [6.45, 7) is 8.91. The Balaban J connectivity index is 1.77. The third kappa shape index (κ3) is 5.78. The van der Waals surface area contributed by atoms with Crippen LogP contribution in [0.25, 0.3) is 22.6 Å². The summed E-state index contributed by atoms with van der Waals surface area (Å²) < 4.78 is 7.19. The van der Waals surface area contributed by atoms with Crippen molar-refractivity contribution in [3.05, 3.63) is 88.0 Å². The lowest BCUT2D eigenvalue weighted by Crippen LogP contribution is -2.30. The molecule has 0 amide bonds. The summed E-state index contributed by atoms with van der Waals surface area (Å²) in [6, 6.07) is 13.4. The summed E-state index contributed by atoms with van der Waals surface area (Å²) in [6.07, 6.45) is 7.51. The van der Waals surface area contributed by atoms with Gasteiger partial charge in [0, 0.05) is 17.7 Å². The van der Waals surface area contributed by atoms with Crippen molar-refractivity contribution < 1.29 is 4.74 Å². The Morgan fingerprint density at radius 1 is 1.03 bits per heavy atom. The number of ether oxygens (including phenoxy) is 1. The Morgan fingerprint density at radius 3 is 2.42 bits per heavy atom. The summed E-state index contributed by atoms with van der Waals surface area (Å²) in [5.74, 6) is 1.66. The van der Waals surface area contributed by atoms with Crippen molar-refractivity contribution in [2.45, 2.75) is 59.4 Å². The number of rotatable bonds is 10. The van der Waals surface area contributed by atoms with Crippen LogP contribution in [0.4, 0.5) is 0 Å². The molecule has 194 valence electrons. The third-order valence-corrected chi connectivity index (χ3v) is 6.21. The van der Waals surface area contributed by atoms with Gasteiger partial charge in [0.1, 0.15) is 11.4 Å². The van der Waals surface area contributed by atoms with Gasteiger partial charge in [-0.15, -0.1) is 0 Å². The number of aryl methyl sites for hydroxylation is 1. The lowest BCUT2D eigenvalue weighted by Gasteiger charge is -2.19. The number of pyridine rings is 1. The van der Waals surface area contributed by atoms with Crippen molar-refractivity contribution in [2.24, 2.45) is 0 Å². The number of nitrogens with zero attached hydrogens (tertiary/aromatic N) is 6. The molecule has 3 aromatic heterocycles. The Labute approximate surface area is 223 Å². The average Bonchev–Trinajstić information content (AvgIpc) is 2.94. The maximum atomic E-state index is 14.0. The van der Waals surface area contributed by atoms with Crippen molar-refractivity contribution in [3.8, 4) is 34.5 Å². The van der Waals surface area contributed by atoms with Gasteiger partial charge in [-0.25, -0.2) is 15.0 Å². The molecular weight excluding hydrogens is 476 g/mol. The molecule has 0 aliphatic rings. The number of benzene rings is 1. The molecule has 8 nitrogen and oxygen atoms in total. The van der Waals surface area contributed by atoms with E-state index in [4.69, 9.17) is 9.72 Å². The van der Waals surface area contributed by atoms with Crippen LogP contribution in [-0.2, 0) is 13.0 Å². The fourth-order valence-electron chi connectivity index (χ4n) is 4.31. The molecule has 0 saturated carbocycles. The van der Waals surface area contributed by atoms with Crippen LogP contribution in [0.15, 0.2) is 59.8 Å². The zero-order valence-electron chi connectivity index (χ0n) is 22.3. The number of unbranched alkanes of at least 4 members (excludes halogenated alkanes) is 1. The molecule has 3 heterocycles. The lowest BCUT2D eigenvalue weighted by molar-refractivity contribution is 0.337. The highest BCUT2D eigenvalue weighted by Crippen LogP contribution is 2.24. The van der Waals surface area contributed by atoms with Gasteiger partial charge >= 0.3 is 0 Å². The second kappa shape index (κ2) is 12.2. The van der Waals surface area contributed by atoms with E-state index in [0.717, 1.165) is 35.5 Å². The van der Waals surface area contributed by atoms with Crippen LogP contribution < -0.4 is 10.3 Å². The van der Waals surface area contributed by atoms with Crippen molar-refractivity contribution >= 4 is 0 Å². The largest absolute Gasteiger partial charge is 0.491 e. The van der Waals surface area contributed by atoms with Gasteiger partial charge in [-0.2, -0.15) is 5.26 Å². The molecule has 0 N–H and O–H groups in total. The van der Waals surface area contributed by atoms with Crippen LogP contribution in [0, 0.1) is 11.3 Å². The highest BCUT2D eigenvalue weighted by molar-refractivity contribution is 5.67. The minimum Gasteiger partial charge on any atom is -0.491 e. The normalized spacial score (nSPS) is 10.9. The van der Waals surface area contributed by atoms with Gasteiger partial charge < -0.3 is 4.74 Å². The third-order valence-electron chi connectivity index (χ3n) is 6.21. The van der Waals surface area contributed by atoms with E-state index in [-0.39, 0.29) is 11.5 Å². The minimum atomic E-state index is -0.169. The first kappa shape index (κ1) is 26.7. The van der Waals surface area contributed by atoms with Gasteiger partial charge in [-0.3, -0.25) is 14.3 Å². The molecule has 0 unspecified atom stereocenters.